The van der Waals surface area contributed by atoms with Gasteiger partial charge in [0.1, 0.15) is 0 Å². The number of carboxylic acid groups (broad SMARTS) is 1. The van der Waals surface area contributed by atoms with Gasteiger partial charge < -0.3 is 9.90 Å². The van der Waals surface area contributed by atoms with Gasteiger partial charge >= 0.3 is 5.97 Å². The van der Waals surface area contributed by atoms with Gasteiger partial charge in [0.25, 0.3) is 0 Å². The molecule has 2 N–H and O–H groups in total. The summed E-state index contributed by atoms with van der Waals surface area (Å²) in [4.78, 5) is 19.7. The molecule has 0 aliphatic heterocycles. The van der Waals surface area contributed by atoms with Crippen LogP contribution in [0.5, 0.6) is 0 Å². The van der Waals surface area contributed by atoms with Gasteiger partial charge in [-0.3, -0.25) is 0 Å². The van der Waals surface area contributed by atoms with Gasteiger partial charge in [0.2, 0.25) is 0 Å². The Kier molecular flexibility index (Phi) is 5.58. The first-order valence-corrected chi connectivity index (χ1v) is 8.51. The maximum Gasteiger partial charge on any atom is 0.335 e. The molecule has 0 saturated heterocycles. The highest BCUT2D eigenvalue weighted by molar-refractivity contribution is 6.72. The van der Waals surface area contributed by atoms with E-state index in [1.807, 2.05) is 13.1 Å². The van der Waals surface area contributed by atoms with Crippen molar-refractivity contribution in [1.29, 1.82) is 0 Å². The van der Waals surface area contributed by atoms with Crippen molar-refractivity contribution in [3.63, 3.8) is 0 Å². The summed E-state index contributed by atoms with van der Waals surface area (Å²) in [6, 6.07) is 8.30. The minimum atomic E-state index is -1.86. The Morgan fingerprint density at radius 1 is 1.12 bits per heavy atom. The van der Waals surface area contributed by atoms with Crippen molar-refractivity contribution in [2.24, 2.45) is 0 Å². The van der Waals surface area contributed by atoms with Gasteiger partial charge in [-0.25, -0.2) is 4.79 Å². The van der Waals surface area contributed by atoms with Gasteiger partial charge in [-0.05, 0) is 30.3 Å². The van der Waals surface area contributed by atoms with E-state index < -0.39 is 14.3 Å². The zero-order valence-electron chi connectivity index (χ0n) is 11.2. The second-order valence-electron chi connectivity index (χ2n) is 5.48. The minimum Gasteiger partial charge on any atom is -0.478 e. The second-order valence-corrected chi connectivity index (χ2v) is 10.1. The molecule has 0 radical (unpaired) electrons. The molecular formula is C13H22O3Si. The van der Waals surface area contributed by atoms with Gasteiger partial charge in [0.05, 0.1) is 5.56 Å². The van der Waals surface area contributed by atoms with Gasteiger partial charge in [-0.15, -0.1) is 0 Å². The molecule has 0 aliphatic rings. The molecule has 0 atom stereocenters. The van der Waals surface area contributed by atoms with Crippen molar-refractivity contribution < 1.29 is 14.7 Å². The quantitative estimate of drug-likeness (QED) is 0.755. The summed E-state index contributed by atoms with van der Waals surface area (Å²) in [5, 5.41) is 8.52. The Balaban J connectivity index is 0.000000304. The van der Waals surface area contributed by atoms with E-state index in [-0.39, 0.29) is 5.04 Å². The summed E-state index contributed by atoms with van der Waals surface area (Å²) in [6.45, 7) is 10.2. The summed E-state index contributed by atoms with van der Waals surface area (Å²) >= 11 is 0. The molecule has 0 saturated carbocycles. The fourth-order valence-electron chi connectivity index (χ4n) is 0.581. The van der Waals surface area contributed by atoms with Crippen molar-refractivity contribution in [3.05, 3.63) is 35.9 Å². The number of rotatable bonds is 1. The number of carbonyl (C=O) groups is 1. The first-order chi connectivity index (χ1) is 7.55. The van der Waals surface area contributed by atoms with Crippen molar-refractivity contribution >= 4 is 14.3 Å². The molecule has 1 aromatic carbocycles. The largest absolute Gasteiger partial charge is 0.478 e. The van der Waals surface area contributed by atoms with E-state index in [1.54, 1.807) is 30.3 Å². The Morgan fingerprint density at radius 3 is 1.65 bits per heavy atom. The molecule has 4 heteroatoms. The molecular weight excluding hydrogens is 232 g/mol. The van der Waals surface area contributed by atoms with Gasteiger partial charge in [0.15, 0.2) is 8.32 Å². The number of benzene rings is 1. The van der Waals surface area contributed by atoms with Crippen LogP contribution >= 0.6 is 0 Å². The molecule has 1 aromatic rings. The molecule has 3 nitrogen and oxygen atoms in total. The highest BCUT2D eigenvalue weighted by Gasteiger charge is 2.32. The van der Waals surface area contributed by atoms with Crippen molar-refractivity contribution in [1.82, 2.24) is 0 Å². The fraction of sp³-hybridized carbons (Fsp3) is 0.462. The standard InChI is InChI=1S/C7H6O2.C6H16OSi/c8-7(9)6-4-2-1-3-5-6;1-6(2,3)8(4,5)7/h1-5H,(H,8,9);7H,1-5H3. The van der Waals surface area contributed by atoms with Crippen LogP contribution in [0.4, 0.5) is 0 Å². The summed E-state index contributed by atoms with van der Waals surface area (Å²) in [5.41, 5.74) is 0.331. The lowest BCUT2D eigenvalue weighted by atomic mass is 10.2. The van der Waals surface area contributed by atoms with Gasteiger partial charge in [-0.2, -0.15) is 0 Å². The minimum absolute atomic E-state index is 0.132. The molecule has 0 heterocycles. The predicted molar refractivity (Wildman–Crippen MR) is 72.8 cm³/mol. The molecule has 0 aromatic heterocycles. The molecule has 0 aliphatic carbocycles. The summed E-state index contributed by atoms with van der Waals surface area (Å²) in [5.74, 6) is -0.879. The lowest BCUT2D eigenvalue weighted by Gasteiger charge is -2.30. The van der Waals surface area contributed by atoms with Crippen LogP contribution in [-0.4, -0.2) is 24.2 Å². The average molecular weight is 254 g/mol. The highest BCUT2D eigenvalue weighted by atomic mass is 28.4. The van der Waals surface area contributed by atoms with Crippen molar-refractivity contribution in [2.45, 2.75) is 38.9 Å². The Labute approximate surface area is 104 Å². The van der Waals surface area contributed by atoms with E-state index in [9.17, 15) is 9.59 Å². The summed E-state index contributed by atoms with van der Waals surface area (Å²) in [7, 11) is -1.86. The third-order valence-corrected chi connectivity index (χ3v) is 6.53. The van der Waals surface area contributed by atoms with E-state index in [1.165, 1.54) is 0 Å². The summed E-state index contributed by atoms with van der Waals surface area (Å²) in [6.07, 6.45) is 0. The highest BCUT2D eigenvalue weighted by Crippen LogP contribution is 2.33. The average Bonchev–Trinajstić information content (AvgIpc) is 2.17. The Morgan fingerprint density at radius 2 is 1.47 bits per heavy atom. The van der Waals surface area contributed by atoms with Crippen LogP contribution in [0.3, 0.4) is 0 Å². The maximum absolute atomic E-state index is 10.2. The fourth-order valence-corrected chi connectivity index (χ4v) is 0.581. The third-order valence-electron chi connectivity index (χ3n) is 2.86. The number of carboxylic acids is 1. The van der Waals surface area contributed by atoms with Crippen LogP contribution in [0.15, 0.2) is 30.3 Å². The zero-order valence-corrected chi connectivity index (χ0v) is 12.2. The van der Waals surface area contributed by atoms with Crippen LogP contribution in [-0.2, 0) is 0 Å². The summed E-state index contributed by atoms with van der Waals surface area (Å²) < 4.78 is 0. The van der Waals surface area contributed by atoms with Crippen LogP contribution in [0, 0.1) is 0 Å². The molecule has 96 valence electrons. The first-order valence-electron chi connectivity index (χ1n) is 5.56. The van der Waals surface area contributed by atoms with Crippen molar-refractivity contribution in [2.75, 3.05) is 0 Å². The zero-order chi connectivity index (χ0) is 13.7. The number of hydrogen-bond donors (Lipinski definition) is 2. The first kappa shape index (κ1) is 15.9. The molecule has 0 fully saturated rings. The molecule has 0 bridgehead atoms. The van der Waals surface area contributed by atoms with E-state index in [0.717, 1.165) is 0 Å². The SMILES string of the molecule is CC(C)(C)[Si](C)(C)O.O=C(O)c1ccccc1. The Bertz CT molecular complexity index is 335. The molecule has 0 unspecified atom stereocenters. The van der Waals surface area contributed by atoms with Crippen LogP contribution in [0.1, 0.15) is 31.1 Å². The van der Waals surface area contributed by atoms with Gasteiger partial charge in [0, 0.05) is 0 Å². The predicted octanol–water partition coefficient (Wildman–Crippen LogP) is 3.37. The smallest absolute Gasteiger partial charge is 0.335 e. The number of hydrogen-bond acceptors (Lipinski definition) is 2. The Hall–Kier alpha value is -1.13. The van der Waals surface area contributed by atoms with Gasteiger partial charge in [-0.1, -0.05) is 39.0 Å². The third kappa shape index (κ3) is 6.24. The van der Waals surface area contributed by atoms with Crippen LogP contribution in [0.2, 0.25) is 18.1 Å². The maximum atomic E-state index is 10.2. The van der Waals surface area contributed by atoms with E-state index in [0.29, 0.717) is 5.56 Å². The lowest BCUT2D eigenvalue weighted by molar-refractivity contribution is 0.0697. The van der Waals surface area contributed by atoms with Crippen LogP contribution < -0.4 is 0 Å². The lowest BCUT2D eigenvalue weighted by Crippen LogP contribution is -2.36. The van der Waals surface area contributed by atoms with E-state index in [2.05, 4.69) is 20.8 Å². The van der Waals surface area contributed by atoms with Crippen molar-refractivity contribution in [3.8, 4) is 0 Å². The van der Waals surface area contributed by atoms with Crippen LogP contribution in [0.25, 0.3) is 0 Å². The van der Waals surface area contributed by atoms with E-state index in [4.69, 9.17) is 5.11 Å². The van der Waals surface area contributed by atoms with E-state index >= 15 is 0 Å². The number of aromatic carboxylic acids is 1. The molecule has 17 heavy (non-hydrogen) atoms. The topological polar surface area (TPSA) is 57.5 Å². The molecule has 0 spiro atoms. The molecule has 0 amide bonds. The molecule has 1 rings (SSSR count). The normalized spacial score (nSPS) is 11.4. The monoisotopic (exact) mass is 254 g/mol. The second kappa shape index (κ2) is 5.98.